The Kier molecular flexibility index (Phi) is 5.28. The number of rotatable bonds is 4. The van der Waals surface area contributed by atoms with E-state index in [0.29, 0.717) is 31.6 Å². The van der Waals surface area contributed by atoms with Crippen molar-refractivity contribution in [2.45, 2.75) is 38.4 Å². The van der Waals surface area contributed by atoms with Gasteiger partial charge in [-0.15, -0.1) is 0 Å². The van der Waals surface area contributed by atoms with Crippen molar-refractivity contribution in [1.82, 2.24) is 25.3 Å². The number of aromatic nitrogens is 2. The second-order valence-corrected chi connectivity index (χ2v) is 7.27. The molecule has 0 radical (unpaired) electrons. The number of benzene rings is 1. The number of nitrogens with zero attached hydrogens (tertiary/aromatic N) is 3. The standard InChI is InChI=1S/C20H22FN5O3/c21-14-6-2-1-5-13(14)12-25-9-10-26-17(20(25)29)11-16(24-26)19(28)23-15-7-3-4-8-22-18(15)27/h1-2,5-6,11,15H,3-4,7-10,12H2,(H,22,27)(H,23,28). The summed E-state index contributed by atoms with van der Waals surface area (Å²) in [6.07, 6.45) is 2.29. The van der Waals surface area contributed by atoms with E-state index < -0.39 is 11.9 Å². The molecule has 0 spiro atoms. The van der Waals surface area contributed by atoms with Gasteiger partial charge in [-0.1, -0.05) is 18.2 Å². The Morgan fingerprint density at radius 1 is 1.24 bits per heavy atom. The molecule has 2 aliphatic rings. The highest BCUT2D eigenvalue weighted by Crippen LogP contribution is 2.18. The fourth-order valence-corrected chi connectivity index (χ4v) is 3.64. The molecule has 2 aliphatic heterocycles. The zero-order chi connectivity index (χ0) is 20.4. The zero-order valence-electron chi connectivity index (χ0n) is 15.9. The van der Waals surface area contributed by atoms with Gasteiger partial charge in [0.15, 0.2) is 5.69 Å². The molecule has 29 heavy (non-hydrogen) atoms. The maximum absolute atomic E-state index is 13.9. The highest BCUT2D eigenvalue weighted by atomic mass is 19.1. The second kappa shape index (κ2) is 8.02. The van der Waals surface area contributed by atoms with Crippen LogP contribution in [0.2, 0.25) is 0 Å². The van der Waals surface area contributed by atoms with E-state index >= 15 is 0 Å². The van der Waals surface area contributed by atoms with Gasteiger partial charge in [0.25, 0.3) is 11.8 Å². The smallest absolute Gasteiger partial charge is 0.272 e. The van der Waals surface area contributed by atoms with Crippen LogP contribution < -0.4 is 10.6 Å². The second-order valence-electron chi connectivity index (χ2n) is 7.27. The van der Waals surface area contributed by atoms with Crippen molar-refractivity contribution in [2.75, 3.05) is 13.1 Å². The molecule has 4 rings (SSSR count). The lowest BCUT2D eigenvalue weighted by Gasteiger charge is -2.27. The summed E-state index contributed by atoms with van der Waals surface area (Å²) in [6.45, 7) is 1.54. The Hall–Kier alpha value is -3.23. The third-order valence-corrected chi connectivity index (χ3v) is 5.26. The molecular weight excluding hydrogens is 377 g/mol. The summed E-state index contributed by atoms with van der Waals surface area (Å²) < 4.78 is 15.4. The molecule has 2 N–H and O–H groups in total. The van der Waals surface area contributed by atoms with Gasteiger partial charge in [0.05, 0.1) is 6.54 Å². The summed E-state index contributed by atoms with van der Waals surface area (Å²) in [6, 6.07) is 7.16. The highest BCUT2D eigenvalue weighted by Gasteiger charge is 2.30. The van der Waals surface area contributed by atoms with Crippen molar-refractivity contribution in [3.63, 3.8) is 0 Å². The molecule has 1 saturated heterocycles. The van der Waals surface area contributed by atoms with Crippen LogP contribution in [0, 0.1) is 5.82 Å². The van der Waals surface area contributed by atoms with Gasteiger partial charge in [-0.25, -0.2) is 4.39 Å². The number of hydrogen-bond donors (Lipinski definition) is 2. The number of carbonyl (C=O) groups excluding carboxylic acids is 3. The minimum absolute atomic E-state index is 0.0955. The zero-order valence-corrected chi connectivity index (χ0v) is 15.9. The van der Waals surface area contributed by atoms with Crippen LogP contribution in [-0.4, -0.2) is 51.5 Å². The van der Waals surface area contributed by atoms with Gasteiger partial charge in [-0.05, 0) is 25.3 Å². The summed E-state index contributed by atoms with van der Waals surface area (Å²) >= 11 is 0. The number of halogens is 1. The Bertz CT molecular complexity index is 957. The van der Waals surface area contributed by atoms with E-state index in [4.69, 9.17) is 0 Å². The van der Waals surface area contributed by atoms with Gasteiger partial charge in [-0.3, -0.25) is 19.1 Å². The first-order valence-corrected chi connectivity index (χ1v) is 9.72. The van der Waals surface area contributed by atoms with Gasteiger partial charge < -0.3 is 15.5 Å². The van der Waals surface area contributed by atoms with Crippen LogP contribution >= 0.6 is 0 Å². The van der Waals surface area contributed by atoms with Crippen LogP contribution in [0.3, 0.4) is 0 Å². The Balaban J connectivity index is 1.47. The van der Waals surface area contributed by atoms with Gasteiger partial charge in [0.2, 0.25) is 5.91 Å². The number of fused-ring (bicyclic) bond motifs is 1. The van der Waals surface area contributed by atoms with Gasteiger partial charge >= 0.3 is 0 Å². The van der Waals surface area contributed by atoms with E-state index in [0.717, 1.165) is 12.8 Å². The van der Waals surface area contributed by atoms with Crippen LogP contribution in [0.15, 0.2) is 30.3 Å². The van der Waals surface area contributed by atoms with Crippen molar-refractivity contribution in [3.05, 3.63) is 53.1 Å². The predicted octanol–water partition coefficient (Wildman–Crippen LogP) is 1.08. The van der Waals surface area contributed by atoms with E-state index in [-0.39, 0.29) is 35.6 Å². The Morgan fingerprint density at radius 3 is 2.90 bits per heavy atom. The average molecular weight is 399 g/mol. The first kappa shape index (κ1) is 19.1. The summed E-state index contributed by atoms with van der Waals surface area (Å²) in [4.78, 5) is 38.9. The van der Waals surface area contributed by atoms with E-state index in [9.17, 15) is 18.8 Å². The molecular formula is C20H22FN5O3. The summed E-state index contributed by atoms with van der Waals surface area (Å²) in [5.74, 6) is -1.35. The molecule has 1 atom stereocenters. The van der Waals surface area contributed by atoms with E-state index in [1.165, 1.54) is 21.7 Å². The minimum atomic E-state index is -0.600. The lowest BCUT2D eigenvalue weighted by Crippen LogP contribution is -2.45. The van der Waals surface area contributed by atoms with Crippen molar-refractivity contribution in [1.29, 1.82) is 0 Å². The quantitative estimate of drug-likeness (QED) is 0.804. The molecule has 152 valence electrons. The normalized spacial score (nSPS) is 19.3. The molecule has 1 fully saturated rings. The van der Waals surface area contributed by atoms with E-state index in [1.54, 1.807) is 18.2 Å². The third-order valence-electron chi connectivity index (χ3n) is 5.26. The van der Waals surface area contributed by atoms with Crippen molar-refractivity contribution in [2.24, 2.45) is 0 Å². The van der Waals surface area contributed by atoms with Gasteiger partial charge in [0.1, 0.15) is 17.6 Å². The molecule has 2 aromatic rings. The molecule has 8 nitrogen and oxygen atoms in total. The van der Waals surface area contributed by atoms with Crippen LogP contribution in [0.25, 0.3) is 0 Å². The number of hydrogen-bond acceptors (Lipinski definition) is 4. The number of nitrogens with one attached hydrogen (secondary N) is 2. The maximum Gasteiger partial charge on any atom is 0.272 e. The van der Waals surface area contributed by atoms with E-state index in [2.05, 4.69) is 15.7 Å². The van der Waals surface area contributed by atoms with Crippen molar-refractivity contribution < 1.29 is 18.8 Å². The third kappa shape index (κ3) is 3.98. The lowest BCUT2D eigenvalue weighted by atomic mass is 10.1. The molecule has 0 aliphatic carbocycles. The molecule has 1 aromatic heterocycles. The van der Waals surface area contributed by atoms with Crippen molar-refractivity contribution >= 4 is 17.7 Å². The molecule has 3 amide bonds. The number of carbonyl (C=O) groups is 3. The molecule has 0 saturated carbocycles. The monoisotopic (exact) mass is 399 g/mol. The highest BCUT2D eigenvalue weighted by molar-refractivity contribution is 5.99. The van der Waals surface area contributed by atoms with Crippen LogP contribution in [0.5, 0.6) is 0 Å². The molecule has 3 heterocycles. The Labute approximate surface area is 167 Å². The van der Waals surface area contributed by atoms with Crippen LogP contribution in [-0.2, 0) is 17.9 Å². The SMILES string of the molecule is O=C(NC1CCCCNC1=O)c1cc2n(n1)CCN(Cc1ccccc1F)C2=O. The first-order valence-electron chi connectivity index (χ1n) is 9.72. The van der Waals surface area contributed by atoms with Crippen molar-refractivity contribution in [3.8, 4) is 0 Å². The first-order chi connectivity index (χ1) is 14.0. The predicted molar refractivity (Wildman–Crippen MR) is 101 cm³/mol. The fourth-order valence-electron chi connectivity index (χ4n) is 3.64. The average Bonchev–Trinajstić information content (AvgIpc) is 3.06. The summed E-state index contributed by atoms with van der Waals surface area (Å²) in [5, 5.41) is 9.70. The Morgan fingerprint density at radius 2 is 2.07 bits per heavy atom. The summed E-state index contributed by atoms with van der Waals surface area (Å²) in [7, 11) is 0. The minimum Gasteiger partial charge on any atom is -0.354 e. The molecule has 1 unspecified atom stereocenters. The fraction of sp³-hybridized carbons (Fsp3) is 0.400. The molecule has 0 bridgehead atoms. The topological polar surface area (TPSA) is 96.3 Å². The molecule has 1 aromatic carbocycles. The molecule has 9 heteroatoms. The maximum atomic E-state index is 13.9. The summed E-state index contributed by atoms with van der Waals surface area (Å²) in [5.41, 5.74) is 0.812. The van der Waals surface area contributed by atoms with Crippen LogP contribution in [0.4, 0.5) is 4.39 Å². The van der Waals surface area contributed by atoms with E-state index in [1.807, 2.05) is 0 Å². The lowest BCUT2D eigenvalue weighted by molar-refractivity contribution is -0.122. The van der Waals surface area contributed by atoms with Gasteiger partial charge in [-0.2, -0.15) is 5.10 Å². The van der Waals surface area contributed by atoms with Gasteiger partial charge in [0, 0.05) is 31.3 Å². The largest absolute Gasteiger partial charge is 0.354 e. The number of amides is 3. The van der Waals surface area contributed by atoms with Crippen LogP contribution in [0.1, 0.15) is 45.8 Å².